The molecule has 1 amide bonds. The van der Waals surface area contributed by atoms with Gasteiger partial charge in [0.25, 0.3) is 5.91 Å². The number of fused-ring (bicyclic) bond motifs is 1. The first kappa shape index (κ1) is 16.9. The molecular formula is C16H22N4O3. The standard InChI is InChI=1S/C16H22N4O3/c1-9(2)13-6-11(16(22)17-8-14(21)23-5)12-7-18-20(10(3)4)15(12)19-13/h6-7,9-10H,8H2,1-5H3,(H,17,22). The molecule has 0 saturated heterocycles. The van der Waals surface area contributed by atoms with Crippen molar-refractivity contribution >= 4 is 22.9 Å². The quantitative estimate of drug-likeness (QED) is 0.853. The minimum atomic E-state index is -0.495. The van der Waals surface area contributed by atoms with Crippen LogP contribution in [0.25, 0.3) is 11.0 Å². The van der Waals surface area contributed by atoms with E-state index in [1.165, 1.54) is 7.11 Å². The summed E-state index contributed by atoms with van der Waals surface area (Å²) in [6.45, 7) is 7.87. The van der Waals surface area contributed by atoms with Gasteiger partial charge in [-0.2, -0.15) is 5.10 Å². The number of nitrogens with zero attached hydrogens (tertiary/aromatic N) is 3. The number of esters is 1. The van der Waals surface area contributed by atoms with Gasteiger partial charge in [-0.15, -0.1) is 0 Å². The fraction of sp³-hybridized carbons (Fsp3) is 0.500. The lowest BCUT2D eigenvalue weighted by Crippen LogP contribution is -2.30. The van der Waals surface area contributed by atoms with E-state index < -0.39 is 5.97 Å². The van der Waals surface area contributed by atoms with Crippen molar-refractivity contribution in [1.82, 2.24) is 20.1 Å². The SMILES string of the molecule is COC(=O)CNC(=O)c1cc(C(C)C)nc2c1cnn2C(C)C. The van der Waals surface area contributed by atoms with Crippen LogP contribution >= 0.6 is 0 Å². The summed E-state index contributed by atoms with van der Waals surface area (Å²) < 4.78 is 6.33. The van der Waals surface area contributed by atoms with E-state index in [2.05, 4.69) is 20.1 Å². The molecule has 0 radical (unpaired) electrons. The second kappa shape index (κ2) is 6.76. The lowest BCUT2D eigenvalue weighted by molar-refractivity contribution is -0.139. The highest BCUT2D eigenvalue weighted by molar-refractivity contribution is 6.06. The summed E-state index contributed by atoms with van der Waals surface area (Å²) in [5, 5.41) is 7.57. The lowest BCUT2D eigenvalue weighted by Gasteiger charge is -2.12. The van der Waals surface area contributed by atoms with Crippen LogP contribution in [0.5, 0.6) is 0 Å². The number of methoxy groups -OCH3 is 1. The Kier molecular flexibility index (Phi) is 4.98. The van der Waals surface area contributed by atoms with Gasteiger partial charge in [0.15, 0.2) is 5.65 Å². The number of carbonyl (C=O) groups excluding carboxylic acids is 2. The normalized spacial score (nSPS) is 11.3. The molecule has 0 unspecified atom stereocenters. The van der Waals surface area contributed by atoms with Crippen molar-refractivity contribution in [3.8, 4) is 0 Å². The molecule has 2 aromatic heterocycles. The summed E-state index contributed by atoms with van der Waals surface area (Å²) in [6, 6.07) is 1.89. The van der Waals surface area contributed by atoms with Crippen molar-refractivity contribution in [3.05, 3.63) is 23.5 Å². The zero-order valence-corrected chi connectivity index (χ0v) is 14.1. The van der Waals surface area contributed by atoms with Crippen molar-refractivity contribution in [2.75, 3.05) is 13.7 Å². The van der Waals surface area contributed by atoms with E-state index in [0.29, 0.717) is 16.6 Å². The predicted octanol–water partition coefficient (Wildman–Crippen LogP) is 2.04. The van der Waals surface area contributed by atoms with Gasteiger partial charge in [0.05, 0.1) is 24.3 Å². The monoisotopic (exact) mass is 318 g/mol. The molecule has 0 aliphatic rings. The van der Waals surface area contributed by atoms with Gasteiger partial charge in [0.2, 0.25) is 0 Å². The highest BCUT2D eigenvalue weighted by Gasteiger charge is 2.19. The summed E-state index contributed by atoms with van der Waals surface area (Å²) in [6.07, 6.45) is 1.64. The number of pyridine rings is 1. The highest BCUT2D eigenvalue weighted by Crippen LogP contribution is 2.24. The topological polar surface area (TPSA) is 86.1 Å². The fourth-order valence-electron chi connectivity index (χ4n) is 2.22. The molecule has 0 aliphatic carbocycles. The zero-order valence-electron chi connectivity index (χ0n) is 14.1. The van der Waals surface area contributed by atoms with E-state index in [9.17, 15) is 9.59 Å². The predicted molar refractivity (Wildman–Crippen MR) is 86.4 cm³/mol. The number of nitrogens with one attached hydrogen (secondary N) is 1. The third kappa shape index (κ3) is 3.49. The van der Waals surface area contributed by atoms with Gasteiger partial charge in [-0.1, -0.05) is 13.8 Å². The van der Waals surface area contributed by atoms with Crippen LogP contribution in [0, 0.1) is 0 Å². The molecule has 7 heteroatoms. The van der Waals surface area contributed by atoms with Crippen LogP contribution in [0.4, 0.5) is 0 Å². The Morgan fingerprint density at radius 1 is 1.30 bits per heavy atom. The number of ether oxygens (including phenoxy) is 1. The Morgan fingerprint density at radius 3 is 2.57 bits per heavy atom. The molecule has 0 fully saturated rings. The van der Waals surface area contributed by atoms with Crippen LogP contribution in [-0.2, 0) is 9.53 Å². The van der Waals surface area contributed by atoms with Gasteiger partial charge in [-0.25, -0.2) is 9.67 Å². The number of hydrogen-bond acceptors (Lipinski definition) is 5. The van der Waals surface area contributed by atoms with E-state index in [1.807, 2.05) is 27.7 Å². The van der Waals surface area contributed by atoms with E-state index in [-0.39, 0.29) is 24.4 Å². The Bertz CT molecular complexity index is 734. The minimum absolute atomic E-state index is 0.133. The molecule has 0 saturated carbocycles. The van der Waals surface area contributed by atoms with Gasteiger partial charge in [0, 0.05) is 11.7 Å². The zero-order chi connectivity index (χ0) is 17.1. The average molecular weight is 318 g/mol. The molecule has 2 heterocycles. The third-order valence-electron chi connectivity index (χ3n) is 3.53. The molecule has 0 aliphatic heterocycles. The molecule has 0 atom stereocenters. The van der Waals surface area contributed by atoms with Crippen LogP contribution in [0.15, 0.2) is 12.3 Å². The van der Waals surface area contributed by atoms with Gasteiger partial charge in [0.1, 0.15) is 6.54 Å². The third-order valence-corrected chi connectivity index (χ3v) is 3.53. The summed E-state index contributed by atoms with van der Waals surface area (Å²) in [5.41, 5.74) is 1.95. The van der Waals surface area contributed by atoms with Crippen molar-refractivity contribution in [3.63, 3.8) is 0 Å². The molecule has 1 N–H and O–H groups in total. The molecule has 0 aromatic carbocycles. The van der Waals surface area contributed by atoms with E-state index >= 15 is 0 Å². The smallest absolute Gasteiger partial charge is 0.325 e. The van der Waals surface area contributed by atoms with Crippen LogP contribution in [0.2, 0.25) is 0 Å². The first-order valence-corrected chi connectivity index (χ1v) is 7.58. The van der Waals surface area contributed by atoms with E-state index in [0.717, 1.165) is 5.69 Å². The van der Waals surface area contributed by atoms with Crippen molar-refractivity contribution in [1.29, 1.82) is 0 Å². The van der Waals surface area contributed by atoms with E-state index in [1.54, 1.807) is 16.9 Å². The Labute approximate surface area is 135 Å². The van der Waals surface area contributed by atoms with Crippen LogP contribution < -0.4 is 5.32 Å². The van der Waals surface area contributed by atoms with E-state index in [4.69, 9.17) is 0 Å². The first-order chi connectivity index (χ1) is 10.8. The molecule has 124 valence electrons. The van der Waals surface area contributed by atoms with Crippen molar-refractivity contribution in [2.45, 2.75) is 39.7 Å². The van der Waals surface area contributed by atoms with Gasteiger partial charge >= 0.3 is 5.97 Å². The summed E-state index contributed by atoms with van der Waals surface area (Å²) in [4.78, 5) is 28.3. The summed E-state index contributed by atoms with van der Waals surface area (Å²) in [7, 11) is 1.28. The number of rotatable bonds is 5. The Balaban J connectivity index is 2.49. The Morgan fingerprint density at radius 2 is 2.00 bits per heavy atom. The minimum Gasteiger partial charge on any atom is -0.468 e. The average Bonchev–Trinajstić information content (AvgIpc) is 2.95. The second-order valence-corrected chi connectivity index (χ2v) is 5.93. The van der Waals surface area contributed by atoms with Crippen LogP contribution in [0.1, 0.15) is 55.7 Å². The van der Waals surface area contributed by atoms with Crippen molar-refractivity contribution < 1.29 is 14.3 Å². The maximum absolute atomic E-state index is 12.4. The lowest BCUT2D eigenvalue weighted by atomic mass is 10.0. The first-order valence-electron chi connectivity index (χ1n) is 7.58. The maximum atomic E-state index is 12.4. The molecule has 7 nitrogen and oxygen atoms in total. The van der Waals surface area contributed by atoms with Gasteiger partial charge in [-0.05, 0) is 25.8 Å². The number of hydrogen-bond donors (Lipinski definition) is 1. The van der Waals surface area contributed by atoms with Gasteiger partial charge < -0.3 is 10.1 Å². The van der Waals surface area contributed by atoms with Crippen LogP contribution in [0.3, 0.4) is 0 Å². The largest absolute Gasteiger partial charge is 0.468 e. The summed E-state index contributed by atoms with van der Waals surface area (Å²) >= 11 is 0. The molecule has 0 spiro atoms. The van der Waals surface area contributed by atoms with Gasteiger partial charge in [-0.3, -0.25) is 9.59 Å². The molecule has 2 aromatic rings. The molecule has 2 rings (SSSR count). The highest BCUT2D eigenvalue weighted by atomic mass is 16.5. The van der Waals surface area contributed by atoms with Crippen molar-refractivity contribution in [2.24, 2.45) is 0 Å². The fourth-order valence-corrected chi connectivity index (χ4v) is 2.22. The second-order valence-electron chi connectivity index (χ2n) is 5.93. The Hall–Kier alpha value is -2.44. The summed E-state index contributed by atoms with van der Waals surface area (Å²) in [5.74, 6) is -0.666. The maximum Gasteiger partial charge on any atom is 0.325 e. The molecule has 0 bridgehead atoms. The van der Waals surface area contributed by atoms with Crippen LogP contribution in [-0.4, -0.2) is 40.3 Å². The number of amides is 1. The number of aromatic nitrogens is 3. The molecular weight excluding hydrogens is 296 g/mol. The number of carbonyl (C=O) groups is 2. The molecule has 23 heavy (non-hydrogen) atoms.